The van der Waals surface area contributed by atoms with E-state index >= 15 is 0 Å². The number of ether oxygens (including phenoxy) is 1. The highest BCUT2D eigenvalue weighted by atomic mass is 35.5. The zero-order valence-corrected chi connectivity index (χ0v) is 11.4. The maximum Gasteiger partial charge on any atom is 0.122 e. The third-order valence-electron chi connectivity index (χ3n) is 3.19. The lowest BCUT2D eigenvalue weighted by molar-refractivity contribution is 0.288. The van der Waals surface area contributed by atoms with Crippen LogP contribution in [0.1, 0.15) is 28.5 Å². The summed E-state index contributed by atoms with van der Waals surface area (Å²) in [4.78, 5) is 1.09. The van der Waals surface area contributed by atoms with E-state index in [1.807, 2.05) is 24.3 Å². The molecule has 3 rings (SSSR count). The molecule has 0 spiro atoms. The van der Waals surface area contributed by atoms with E-state index in [0.717, 1.165) is 40.0 Å². The molecule has 1 aromatic heterocycles. The van der Waals surface area contributed by atoms with Crippen LogP contribution in [-0.4, -0.2) is 6.61 Å². The van der Waals surface area contributed by atoms with Crippen LogP contribution in [0.4, 0.5) is 0 Å². The monoisotopic (exact) mass is 279 g/mol. The van der Waals surface area contributed by atoms with E-state index in [9.17, 15) is 0 Å². The van der Waals surface area contributed by atoms with Crippen molar-refractivity contribution in [3.8, 4) is 5.75 Å². The summed E-state index contributed by atoms with van der Waals surface area (Å²) in [5.74, 6) is 1.00. The first-order valence-electron chi connectivity index (χ1n) is 6.00. The number of fused-ring (bicyclic) bond motifs is 1. The Bertz CT molecular complexity index is 567. The summed E-state index contributed by atoms with van der Waals surface area (Å²) in [5.41, 5.74) is 8.66. The molecule has 1 unspecified atom stereocenters. The number of hydrogen-bond acceptors (Lipinski definition) is 3. The predicted octanol–water partition coefficient (Wildman–Crippen LogP) is 3.77. The van der Waals surface area contributed by atoms with Gasteiger partial charge in [0.1, 0.15) is 5.75 Å². The molecule has 2 nitrogen and oxygen atoms in total. The van der Waals surface area contributed by atoms with Crippen molar-refractivity contribution in [2.24, 2.45) is 5.73 Å². The van der Waals surface area contributed by atoms with Gasteiger partial charge in [0.25, 0.3) is 0 Å². The zero-order valence-electron chi connectivity index (χ0n) is 9.86. The van der Waals surface area contributed by atoms with Gasteiger partial charge in [0.05, 0.1) is 17.0 Å². The molecule has 0 amide bonds. The molecule has 2 heterocycles. The molecule has 0 fully saturated rings. The second kappa shape index (κ2) is 4.92. The van der Waals surface area contributed by atoms with Crippen molar-refractivity contribution in [3.63, 3.8) is 0 Å². The SMILES string of the molecule is NC(c1ccc2c(c1)CCCO2)c1ccc(Cl)s1. The largest absolute Gasteiger partial charge is 0.493 e. The van der Waals surface area contributed by atoms with Gasteiger partial charge in [0, 0.05) is 4.88 Å². The van der Waals surface area contributed by atoms with Crippen molar-refractivity contribution in [2.45, 2.75) is 18.9 Å². The van der Waals surface area contributed by atoms with Gasteiger partial charge in [-0.3, -0.25) is 0 Å². The van der Waals surface area contributed by atoms with Crippen LogP contribution in [0.15, 0.2) is 30.3 Å². The number of hydrogen-bond donors (Lipinski definition) is 1. The van der Waals surface area contributed by atoms with Gasteiger partial charge in [-0.2, -0.15) is 0 Å². The average molecular weight is 280 g/mol. The second-order valence-electron chi connectivity index (χ2n) is 4.44. The van der Waals surface area contributed by atoms with Gasteiger partial charge in [0.15, 0.2) is 0 Å². The molecule has 2 aromatic rings. The van der Waals surface area contributed by atoms with Gasteiger partial charge in [0.2, 0.25) is 0 Å². The molecule has 0 aliphatic carbocycles. The summed E-state index contributed by atoms with van der Waals surface area (Å²) < 4.78 is 6.39. The minimum absolute atomic E-state index is 0.102. The molecule has 94 valence electrons. The number of benzene rings is 1. The topological polar surface area (TPSA) is 35.2 Å². The lowest BCUT2D eigenvalue weighted by atomic mass is 9.99. The summed E-state index contributed by atoms with van der Waals surface area (Å²) in [6.07, 6.45) is 2.15. The van der Waals surface area contributed by atoms with Gasteiger partial charge in [-0.1, -0.05) is 23.7 Å². The molecule has 0 bridgehead atoms. The lowest BCUT2D eigenvalue weighted by Gasteiger charge is -2.19. The Morgan fingerprint density at radius 3 is 2.94 bits per heavy atom. The van der Waals surface area contributed by atoms with Crippen LogP contribution in [-0.2, 0) is 6.42 Å². The Hall–Kier alpha value is -1.03. The van der Waals surface area contributed by atoms with Crippen LogP contribution in [0.2, 0.25) is 4.34 Å². The Balaban J connectivity index is 1.92. The summed E-state index contributed by atoms with van der Waals surface area (Å²) in [5, 5.41) is 0. The van der Waals surface area contributed by atoms with Crippen LogP contribution in [0.25, 0.3) is 0 Å². The van der Waals surface area contributed by atoms with E-state index in [-0.39, 0.29) is 6.04 Å². The van der Waals surface area contributed by atoms with Crippen molar-refractivity contribution in [1.82, 2.24) is 0 Å². The Kier molecular flexibility index (Phi) is 3.29. The number of nitrogens with two attached hydrogens (primary N) is 1. The fourth-order valence-electron chi connectivity index (χ4n) is 2.23. The van der Waals surface area contributed by atoms with Gasteiger partial charge >= 0.3 is 0 Å². The van der Waals surface area contributed by atoms with E-state index in [1.165, 1.54) is 16.9 Å². The summed E-state index contributed by atoms with van der Waals surface area (Å²) in [6.45, 7) is 0.818. The van der Waals surface area contributed by atoms with Crippen molar-refractivity contribution < 1.29 is 4.74 Å². The third kappa shape index (κ3) is 2.26. The summed E-state index contributed by atoms with van der Waals surface area (Å²) >= 11 is 7.49. The fraction of sp³-hybridized carbons (Fsp3) is 0.286. The maximum atomic E-state index is 6.27. The first-order chi connectivity index (χ1) is 8.74. The summed E-state index contributed by atoms with van der Waals surface area (Å²) in [6, 6.07) is 10.0. The maximum absolute atomic E-state index is 6.27. The normalized spacial score (nSPS) is 15.9. The van der Waals surface area contributed by atoms with Crippen molar-refractivity contribution in [3.05, 3.63) is 50.7 Å². The highest BCUT2D eigenvalue weighted by Gasteiger charge is 2.15. The van der Waals surface area contributed by atoms with Crippen molar-refractivity contribution in [1.29, 1.82) is 0 Å². The van der Waals surface area contributed by atoms with Crippen LogP contribution in [0.3, 0.4) is 0 Å². The van der Waals surface area contributed by atoms with Crippen LogP contribution < -0.4 is 10.5 Å². The molecule has 1 atom stereocenters. The molecule has 2 N–H and O–H groups in total. The van der Waals surface area contributed by atoms with E-state index in [1.54, 1.807) is 0 Å². The number of thiophene rings is 1. The van der Waals surface area contributed by atoms with Crippen LogP contribution in [0.5, 0.6) is 5.75 Å². The average Bonchev–Trinajstić information content (AvgIpc) is 2.84. The molecule has 4 heteroatoms. The first-order valence-corrected chi connectivity index (χ1v) is 7.20. The highest BCUT2D eigenvalue weighted by Crippen LogP contribution is 2.32. The van der Waals surface area contributed by atoms with E-state index < -0.39 is 0 Å². The molecular weight excluding hydrogens is 266 g/mol. The quantitative estimate of drug-likeness (QED) is 0.908. The molecule has 18 heavy (non-hydrogen) atoms. The minimum atomic E-state index is -0.102. The van der Waals surface area contributed by atoms with Gasteiger partial charge in [-0.25, -0.2) is 0 Å². The second-order valence-corrected chi connectivity index (χ2v) is 6.19. The number of rotatable bonds is 2. The molecule has 1 aromatic carbocycles. The predicted molar refractivity (Wildman–Crippen MR) is 75.6 cm³/mol. The molecule has 1 aliphatic heterocycles. The minimum Gasteiger partial charge on any atom is -0.493 e. The van der Waals surface area contributed by atoms with E-state index in [0.29, 0.717) is 0 Å². The molecule has 0 radical (unpaired) electrons. The first kappa shape index (κ1) is 12.0. The Morgan fingerprint density at radius 1 is 1.28 bits per heavy atom. The van der Waals surface area contributed by atoms with Gasteiger partial charge < -0.3 is 10.5 Å². The van der Waals surface area contributed by atoms with Crippen molar-refractivity contribution >= 4 is 22.9 Å². The molecule has 1 aliphatic rings. The molecule has 0 saturated heterocycles. The highest BCUT2D eigenvalue weighted by molar-refractivity contribution is 7.16. The van der Waals surface area contributed by atoms with Crippen molar-refractivity contribution in [2.75, 3.05) is 6.61 Å². The van der Waals surface area contributed by atoms with Gasteiger partial charge in [-0.15, -0.1) is 11.3 Å². The Morgan fingerprint density at radius 2 is 2.17 bits per heavy atom. The Labute approximate surface area is 115 Å². The van der Waals surface area contributed by atoms with E-state index in [4.69, 9.17) is 22.1 Å². The molecule has 0 saturated carbocycles. The zero-order chi connectivity index (χ0) is 12.5. The smallest absolute Gasteiger partial charge is 0.122 e. The molecular formula is C14H14ClNOS. The third-order valence-corrected chi connectivity index (χ3v) is 4.51. The number of halogens is 1. The van der Waals surface area contributed by atoms with Crippen LogP contribution in [0, 0.1) is 0 Å². The lowest BCUT2D eigenvalue weighted by Crippen LogP contribution is -2.13. The van der Waals surface area contributed by atoms with E-state index in [2.05, 4.69) is 6.07 Å². The summed E-state index contributed by atoms with van der Waals surface area (Å²) in [7, 11) is 0. The van der Waals surface area contributed by atoms with Crippen LogP contribution >= 0.6 is 22.9 Å². The standard InChI is InChI=1S/C14H14ClNOS/c15-13-6-5-12(18-13)14(16)10-3-4-11-9(8-10)2-1-7-17-11/h3-6,8,14H,1-2,7,16H2. The fourth-order valence-corrected chi connectivity index (χ4v) is 3.32. The number of aryl methyl sites for hydroxylation is 1. The van der Waals surface area contributed by atoms with Gasteiger partial charge in [-0.05, 0) is 42.2 Å².